The maximum Gasteiger partial charge on any atom is 0.417 e. The van der Waals surface area contributed by atoms with Crippen LogP contribution >= 0.6 is 0 Å². The van der Waals surface area contributed by atoms with E-state index in [4.69, 9.17) is 10.5 Å². The predicted octanol–water partition coefficient (Wildman–Crippen LogP) is 5.56. The summed E-state index contributed by atoms with van der Waals surface area (Å²) in [5, 5.41) is 14.5. The number of carbonyl (C=O) groups excluding carboxylic acids is 1. The minimum Gasteiger partial charge on any atom is -0.384 e. The number of nitrogens with zero attached hydrogens (tertiary/aromatic N) is 5. The summed E-state index contributed by atoms with van der Waals surface area (Å²) in [5.74, 6) is 0.217. The number of aromatic nitrogens is 4. The third kappa shape index (κ3) is 7.91. The van der Waals surface area contributed by atoms with Gasteiger partial charge < -0.3 is 20.5 Å². The van der Waals surface area contributed by atoms with E-state index in [9.17, 15) is 23.1 Å². The van der Waals surface area contributed by atoms with Crippen molar-refractivity contribution in [3.05, 3.63) is 47.3 Å². The second-order valence-electron chi connectivity index (χ2n) is 11.7. The standard InChI is InChI=1S/C31H41F3N6O3/c1-5-6-9-21(10-7-8-11-26(41)30(3,4)42)16-22-17-25-29(39-12-14-43-15-13-39)37-28(38-40(25)20(22)2)23-19-36-27(35)18-24(23)31(32,33)34/h8,11,17-19,21,42H,5-7,9-10,12-16H2,1-4H3,(H2,35,36)/b11-8+. The average molecular weight is 603 g/mol. The van der Waals surface area contributed by atoms with Crippen LogP contribution in [-0.4, -0.2) is 62.4 Å². The first-order valence-corrected chi connectivity index (χ1v) is 14.8. The van der Waals surface area contributed by atoms with Gasteiger partial charge in [0.05, 0.1) is 24.3 Å². The third-order valence-electron chi connectivity index (χ3n) is 7.83. The number of rotatable bonds is 12. The SMILES string of the molecule is CCCCC(CC/C=C/C(=O)C(C)(C)O)Cc1cc2c(N3CCOCC3)nc(-c3cnc(N)cc3C(F)(F)F)nn2c1C. The number of aliphatic hydroxyl groups is 1. The summed E-state index contributed by atoms with van der Waals surface area (Å²) in [4.78, 5) is 22.7. The van der Waals surface area contributed by atoms with E-state index in [0.29, 0.717) is 44.5 Å². The van der Waals surface area contributed by atoms with Gasteiger partial charge >= 0.3 is 6.18 Å². The largest absolute Gasteiger partial charge is 0.417 e. The molecule has 3 aromatic rings. The highest BCUT2D eigenvalue weighted by atomic mass is 19.4. The zero-order chi connectivity index (χ0) is 31.4. The van der Waals surface area contributed by atoms with Crippen molar-refractivity contribution in [2.75, 3.05) is 36.9 Å². The minimum atomic E-state index is -4.67. The second-order valence-corrected chi connectivity index (χ2v) is 11.7. The first-order chi connectivity index (χ1) is 20.3. The Kier molecular flexibility index (Phi) is 10.1. The summed E-state index contributed by atoms with van der Waals surface area (Å²) in [6.07, 6.45) is 5.06. The molecule has 0 saturated carbocycles. The molecule has 0 spiro atoms. The van der Waals surface area contributed by atoms with Gasteiger partial charge in [-0.05, 0) is 69.7 Å². The number of hydrogen-bond acceptors (Lipinski definition) is 8. The molecule has 1 atom stereocenters. The van der Waals surface area contributed by atoms with Crippen LogP contribution in [-0.2, 0) is 22.1 Å². The van der Waals surface area contributed by atoms with E-state index in [1.165, 1.54) is 19.9 Å². The van der Waals surface area contributed by atoms with Crippen LogP contribution in [0.5, 0.6) is 0 Å². The number of halogens is 3. The molecule has 1 saturated heterocycles. The van der Waals surface area contributed by atoms with Crippen LogP contribution < -0.4 is 10.6 Å². The van der Waals surface area contributed by atoms with Crippen molar-refractivity contribution in [1.82, 2.24) is 19.6 Å². The Labute approximate surface area is 250 Å². The van der Waals surface area contributed by atoms with Gasteiger partial charge in [-0.15, -0.1) is 5.10 Å². The van der Waals surface area contributed by atoms with Gasteiger partial charge in [0.15, 0.2) is 17.4 Å². The fourth-order valence-electron chi connectivity index (χ4n) is 5.30. The van der Waals surface area contributed by atoms with Gasteiger partial charge in [-0.2, -0.15) is 13.2 Å². The van der Waals surface area contributed by atoms with Crippen LogP contribution in [0.2, 0.25) is 0 Å². The average Bonchev–Trinajstić information content (AvgIpc) is 3.27. The summed E-state index contributed by atoms with van der Waals surface area (Å²) in [5.41, 5.74) is 5.64. The number of ether oxygens (including phenoxy) is 1. The Morgan fingerprint density at radius 1 is 1.21 bits per heavy atom. The molecule has 0 aliphatic carbocycles. The predicted molar refractivity (Wildman–Crippen MR) is 160 cm³/mol. The Hall–Kier alpha value is -3.51. The van der Waals surface area contributed by atoms with Gasteiger partial charge in [0.2, 0.25) is 0 Å². The van der Waals surface area contributed by atoms with Crippen LogP contribution in [0, 0.1) is 12.8 Å². The van der Waals surface area contributed by atoms with Gasteiger partial charge in [-0.25, -0.2) is 14.5 Å². The quantitative estimate of drug-likeness (QED) is 0.259. The number of morpholine rings is 1. The third-order valence-corrected chi connectivity index (χ3v) is 7.83. The van der Waals surface area contributed by atoms with E-state index < -0.39 is 17.3 Å². The van der Waals surface area contributed by atoms with Crippen molar-refractivity contribution in [3.8, 4) is 11.4 Å². The topological polar surface area (TPSA) is 119 Å². The Morgan fingerprint density at radius 3 is 2.58 bits per heavy atom. The van der Waals surface area contributed by atoms with Gasteiger partial charge in [0, 0.05) is 25.0 Å². The van der Waals surface area contributed by atoms with Crippen LogP contribution in [0.4, 0.5) is 24.8 Å². The van der Waals surface area contributed by atoms with Crippen LogP contribution in [0.15, 0.2) is 30.5 Å². The number of pyridine rings is 1. The molecule has 4 heterocycles. The van der Waals surface area contributed by atoms with Gasteiger partial charge in [0.1, 0.15) is 16.9 Å². The normalized spacial score (nSPS) is 15.5. The van der Waals surface area contributed by atoms with E-state index >= 15 is 0 Å². The summed E-state index contributed by atoms with van der Waals surface area (Å²) >= 11 is 0. The van der Waals surface area contributed by atoms with Crippen molar-refractivity contribution in [2.45, 2.75) is 78.0 Å². The lowest BCUT2D eigenvalue weighted by molar-refractivity contribution is -0.137. The van der Waals surface area contributed by atoms with Gasteiger partial charge in [-0.1, -0.05) is 32.3 Å². The van der Waals surface area contributed by atoms with Crippen molar-refractivity contribution in [1.29, 1.82) is 0 Å². The number of nitrogens with two attached hydrogens (primary N) is 1. The maximum atomic E-state index is 14.0. The highest BCUT2D eigenvalue weighted by Gasteiger charge is 2.36. The Bertz CT molecular complexity index is 1460. The molecular weight excluding hydrogens is 561 g/mol. The van der Waals surface area contributed by atoms with Crippen molar-refractivity contribution < 1.29 is 27.8 Å². The van der Waals surface area contributed by atoms with Crippen molar-refractivity contribution in [3.63, 3.8) is 0 Å². The Balaban J connectivity index is 1.73. The molecule has 0 bridgehead atoms. The first-order valence-electron chi connectivity index (χ1n) is 14.8. The Morgan fingerprint density at radius 2 is 1.93 bits per heavy atom. The molecule has 12 heteroatoms. The zero-order valence-electron chi connectivity index (χ0n) is 25.2. The van der Waals surface area contributed by atoms with E-state index in [-0.39, 0.29) is 23.0 Å². The number of fused-ring (bicyclic) bond motifs is 1. The molecule has 9 nitrogen and oxygen atoms in total. The molecule has 3 aromatic heterocycles. The highest BCUT2D eigenvalue weighted by Crippen LogP contribution is 2.38. The van der Waals surface area contributed by atoms with Crippen molar-refractivity contribution in [2.24, 2.45) is 5.92 Å². The molecule has 234 valence electrons. The molecule has 1 aliphatic rings. The molecular formula is C31H41F3N6O3. The number of nitrogen functional groups attached to an aromatic ring is 1. The number of aryl methyl sites for hydroxylation is 1. The lowest BCUT2D eigenvalue weighted by Gasteiger charge is -2.28. The monoisotopic (exact) mass is 602 g/mol. The molecule has 43 heavy (non-hydrogen) atoms. The van der Waals surface area contributed by atoms with E-state index in [2.05, 4.69) is 22.0 Å². The summed E-state index contributed by atoms with van der Waals surface area (Å²) in [6, 6.07) is 2.86. The lowest BCUT2D eigenvalue weighted by atomic mass is 9.90. The smallest absolute Gasteiger partial charge is 0.384 e. The lowest BCUT2D eigenvalue weighted by Crippen LogP contribution is -2.37. The van der Waals surface area contributed by atoms with E-state index in [1.807, 2.05) is 24.0 Å². The zero-order valence-corrected chi connectivity index (χ0v) is 25.2. The fraction of sp³-hybridized carbons (Fsp3) is 0.548. The maximum absolute atomic E-state index is 14.0. The summed E-state index contributed by atoms with van der Waals surface area (Å²) < 4.78 is 49.3. The number of anilines is 2. The minimum absolute atomic E-state index is 0.0804. The molecule has 0 amide bonds. The number of allylic oxidation sites excluding steroid dienone is 1. The summed E-state index contributed by atoms with van der Waals surface area (Å²) in [7, 11) is 0. The molecule has 1 unspecified atom stereocenters. The van der Waals surface area contributed by atoms with E-state index in [1.54, 1.807) is 4.52 Å². The highest BCUT2D eigenvalue weighted by molar-refractivity contribution is 5.96. The van der Waals surface area contributed by atoms with Gasteiger partial charge in [0.25, 0.3) is 0 Å². The molecule has 1 aliphatic heterocycles. The molecule has 3 N–H and O–H groups in total. The number of hydrogen-bond donors (Lipinski definition) is 2. The summed E-state index contributed by atoms with van der Waals surface area (Å²) in [6.45, 7) is 9.07. The molecule has 4 rings (SSSR count). The molecule has 0 aromatic carbocycles. The van der Waals surface area contributed by atoms with Crippen LogP contribution in [0.1, 0.15) is 69.7 Å². The van der Waals surface area contributed by atoms with E-state index in [0.717, 1.165) is 61.1 Å². The molecule has 1 fully saturated rings. The van der Waals surface area contributed by atoms with Crippen LogP contribution in [0.3, 0.4) is 0 Å². The first kappa shape index (κ1) is 32.4. The van der Waals surface area contributed by atoms with Crippen molar-refractivity contribution >= 4 is 22.9 Å². The number of carbonyl (C=O) groups is 1. The molecule has 0 radical (unpaired) electrons. The van der Waals surface area contributed by atoms with Crippen LogP contribution in [0.25, 0.3) is 16.9 Å². The number of alkyl halides is 3. The second kappa shape index (κ2) is 13.4. The number of unbranched alkanes of at least 4 members (excludes halogenated alkanes) is 1. The number of ketones is 1. The fourth-order valence-corrected chi connectivity index (χ4v) is 5.30. The van der Waals surface area contributed by atoms with Gasteiger partial charge in [-0.3, -0.25) is 4.79 Å².